The summed E-state index contributed by atoms with van der Waals surface area (Å²) in [6, 6.07) is 9.27. The average Bonchev–Trinajstić information content (AvgIpc) is 3.06. The van der Waals surface area contributed by atoms with E-state index in [9.17, 15) is 10.1 Å². The predicted octanol–water partition coefficient (Wildman–Crippen LogP) is 2.52. The fourth-order valence-corrected chi connectivity index (χ4v) is 2.79. The minimum Gasteiger partial charge on any atom is -0.497 e. The van der Waals surface area contributed by atoms with Crippen molar-refractivity contribution in [3.63, 3.8) is 0 Å². The second kappa shape index (κ2) is 6.62. The van der Waals surface area contributed by atoms with E-state index in [1.54, 1.807) is 19.2 Å². The van der Waals surface area contributed by atoms with E-state index in [1.807, 2.05) is 17.0 Å². The van der Waals surface area contributed by atoms with Crippen molar-refractivity contribution >= 4 is 11.9 Å². The van der Waals surface area contributed by atoms with E-state index >= 15 is 0 Å². The van der Waals surface area contributed by atoms with Gasteiger partial charge in [-0.05, 0) is 37.1 Å². The van der Waals surface area contributed by atoms with E-state index < -0.39 is 5.97 Å². The maximum Gasteiger partial charge on any atom is 0.306 e. The minimum atomic E-state index is -0.772. The number of hydrogen-bond acceptors (Lipinski definition) is 6. The van der Waals surface area contributed by atoms with Crippen LogP contribution in [0.5, 0.6) is 5.75 Å². The zero-order valence-electron chi connectivity index (χ0n) is 13.2. The van der Waals surface area contributed by atoms with Crippen molar-refractivity contribution in [2.75, 3.05) is 25.1 Å². The molecule has 1 aliphatic rings. The number of carboxylic acids is 1. The molecule has 0 atom stereocenters. The normalized spacial score (nSPS) is 15.1. The largest absolute Gasteiger partial charge is 0.497 e. The summed E-state index contributed by atoms with van der Waals surface area (Å²) in [7, 11) is 1.59. The molecule has 0 spiro atoms. The molecule has 1 aromatic heterocycles. The lowest BCUT2D eigenvalue weighted by molar-refractivity contribution is -0.142. The highest BCUT2D eigenvalue weighted by Gasteiger charge is 2.28. The Hall–Kier alpha value is -3.01. The van der Waals surface area contributed by atoms with Crippen molar-refractivity contribution in [3.8, 4) is 23.3 Å². The molecule has 0 aliphatic carbocycles. The average molecular weight is 327 g/mol. The Morgan fingerprint density at radius 1 is 1.38 bits per heavy atom. The molecule has 124 valence electrons. The summed E-state index contributed by atoms with van der Waals surface area (Å²) < 4.78 is 10.9. The Bertz CT molecular complexity index is 768. The molecule has 3 rings (SSSR count). The summed E-state index contributed by atoms with van der Waals surface area (Å²) in [4.78, 5) is 17.2. The molecule has 1 aliphatic heterocycles. The summed E-state index contributed by atoms with van der Waals surface area (Å²) in [6.07, 6.45) is 1.05. The Balaban J connectivity index is 1.83. The standard InChI is InChI=1S/C17H17N3O4/c1-23-13-4-2-11(3-5-13)15-19-14(10-18)16(24-15)20-8-6-12(7-9-20)17(21)22/h2-5,12H,6-9H2,1H3,(H,21,22). The van der Waals surface area contributed by atoms with Crippen LogP contribution in [0.4, 0.5) is 5.88 Å². The molecule has 0 bridgehead atoms. The van der Waals surface area contributed by atoms with E-state index in [4.69, 9.17) is 14.3 Å². The molecule has 1 saturated heterocycles. The van der Waals surface area contributed by atoms with Crippen LogP contribution in [0.15, 0.2) is 28.7 Å². The van der Waals surface area contributed by atoms with Crippen molar-refractivity contribution in [2.45, 2.75) is 12.8 Å². The molecule has 7 nitrogen and oxygen atoms in total. The van der Waals surface area contributed by atoms with Crippen LogP contribution in [-0.4, -0.2) is 36.3 Å². The fraction of sp³-hybridized carbons (Fsp3) is 0.353. The van der Waals surface area contributed by atoms with Gasteiger partial charge in [-0.1, -0.05) is 0 Å². The maximum atomic E-state index is 11.0. The van der Waals surface area contributed by atoms with E-state index in [0.29, 0.717) is 37.7 Å². The van der Waals surface area contributed by atoms with Gasteiger partial charge in [0.15, 0.2) is 0 Å². The first-order valence-corrected chi connectivity index (χ1v) is 7.65. The summed E-state index contributed by atoms with van der Waals surface area (Å²) >= 11 is 0. The number of ether oxygens (including phenoxy) is 1. The van der Waals surface area contributed by atoms with E-state index in [0.717, 1.165) is 11.3 Å². The monoisotopic (exact) mass is 327 g/mol. The third-order valence-electron chi connectivity index (χ3n) is 4.18. The van der Waals surface area contributed by atoms with Gasteiger partial charge in [-0.2, -0.15) is 10.2 Å². The van der Waals surface area contributed by atoms with Gasteiger partial charge >= 0.3 is 5.97 Å². The third-order valence-corrected chi connectivity index (χ3v) is 4.18. The number of hydrogen-bond donors (Lipinski definition) is 1. The Morgan fingerprint density at radius 3 is 2.58 bits per heavy atom. The van der Waals surface area contributed by atoms with Crippen LogP contribution in [0.25, 0.3) is 11.5 Å². The fourth-order valence-electron chi connectivity index (χ4n) is 2.79. The van der Waals surface area contributed by atoms with Gasteiger partial charge in [-0.25, -0.2) is 0 Å². The lowest BCUT2D eigenvalue weighted by atomic mass is 9.97. The van der Waals surface area contributed by atoms with Gasteiger partial charge in [0.1, 0.15) is 11.8 Å². The smallest absolute Gasteiger partial charge is 0.306 e. The summed E-state index contributed by atoms with van der Waals surface area (Å²) in [5.41, 5.74) is 0.966. The lowest BCUT2D eigenvalue weighted by Gasteiger charge is -2.29. The van der Waals surface area contributed by atoms with Gasteiger partial charge in [0.05, 0.1) is 13.0 Å². The van der Waals surface area contributed by atoms with E-state index in [1.165, 1.54) is 0 Å². The first-order chi connectivity index (χ1) is 11.6. The molecular weight excluding hydrogens is 310 g/mol. The Kier molecular flexibility index (Phi) is 4.38. The zero-order valence-corrected chi connectivity index (χ0v) is 13.2. The molecule has 2 aromatic rings. The van der Waals surface area contributed by atoms with Crippen LogP contribution >= 0.6 is 0 Å². The van der Waals surface area contributed by atoms with Gasteiger partial charge in [-0.3, -0.25) is 4.79 Å². The molecule has 2 heterocycles. The van der Waals surface area contributed by atoms with Crippen molar-refractivity contribution in [2.24, 2.45) is 5.92 Å². The van der Waals surface area contributed by atoms with Crippen molar-refractivity contribution in [3.05, 3.63) is 30.0 Å². The number of carbonyl (C=O) groups is 1. The van der Waals surface area contributed by atoms with Crippen molar-refractivity contribution < 1.29 is 19.1 Å². The molecule has 0 radical (unpaired) electrons. The highest BCUT2D eigenvalue weighted by atomic mass is 16.5. The van der Waals surface area contributed by atoms with Crippen LogP contribution in [0, 0.1) is 17.2 Å². The van der Waals surface area contributed by atoms with Crippen LogP contribution in [0.3, 0.4) is 0 Å². The number of nitrogens with zero attached hydrogens (tertiary/aromatic N) is 3. The number of methoxy groups -OCH3 is 1. The number of rotatable bonds is 4. The van der Waals surface area contributed by atoms with Gasteiger partial charge in [0, 0.05) is 18.7 Å². The number of piperidine rings is 1. The van der Waals surface area contributed by atoms with Crippen molar-refractivity contribution in [1.29, 1.82) is 5.26 Å². The molecule has 1 aromatic carbocycles. The second-order valence-corrected chi connectivity index (χ2v) is 5.61. The first-order valence-electron chi connectivity index (χ1n) is 7.65. The topological polar surface area (TPSA) is 99.6 Å². The van der Waals surface area contributed by atoms with Crippen LogP contribution in [0.1, 0.15) is 18.5 Å². The highest BCUT2D eigenvalue weighted by Crippen LogP contribution is 2.31. The number of aliphatic carboxylic acids is 1. The van der Waals surface area contributed by atoms with Crippen LogP contribution in [-0.2, 0) is 4.79 Å². The molecule has 0 amide bonds. The zero-order chi connectivity index (χ0) is 17.1. The van der Waals surface area contributed by atoms with Gasteiger partial charge in [0.25, 0.3) is 0 Å². The molecule has 1 fully saturated rings. The Labute approximate surface area is 139 Å². The summed E-state index contributed by atoms with van der Waals surface area (Å²) in [5, 5.41) is 18.4. The van der Waals surface area contributed by atoms with E-state index in [-0.39, 0.29) is 11.6 Å². The maximum absolute atomic E-state index is 11.0. The SMILES string of the molecule is COc1ccc(-c2nc(C#N)c(N3CCC(C(=O)O)CC3)o2)cc1. The molecule has 24 heavy (non-hydrogen) atoms. The third kappa shape index (κ3) is 3.04. The van der Waals surface area contributed by atoms with Crippen LogP contribution < -0.4 is 9.64 Å². The molecular formula is C17H17N3O4. The van der Waals surface area contributed by atoms with Crippen molar-refractivity contribution in [1.82, 2.24) is 4.98 Å². The van der Waals surface area contributed by atoms with Gasteiger partial charge < -0.3 is 19.2 Å². The first kappa shape index (κ1) is 15.9. The van der Waals surface area contributed by atoms with Crippen LogP contribution in [0.2, 0.25) is 0 Å². The number of anilines is 1. The van der Waals surface area contributed by atoms with Gasteiger partial charge in [0.2, 0.25) is 17.5 Å². The molecule has 7 heteroatoms. The number of nitriles is 1. The number of aromatic nitrogens is 1. The quantitative estimate of drug-likeness (QED) is 0.921. The Morgan fingerprint density at radius 2 is 2.04 bits per heavy atom. The lowest BCUT2D eigenvalue weighted by Crippen LogP contribution is -2.36. The summed E-state index contributed by atoms with van der Waals surface area (Å²) in [6.45, 7) is 1.06. The predicted molar refractivity (Wildman–Crippen MR) is 85.8 cm³/mol. The number of benzene rings is 1. The molecule has 0 unspecified atom stereocenters. The second-order valence-electron chi connectivity index (χ2n) is 5.61. The molecule has 1 N–H and O–H groups in total. The highest BCUT2D eigenvalue weighted by molar-refractivity contribution is 5.70. The summed E-state index contributed by atoms with van der Waals surface area (Å²) in [5.74, 6) is 0.390. The van der Waals surface area contributed by atoms with E-state index in [2.05, 4.69) is 11.1 Å². The number of carboxylic acid groups (broad SMARTS) is 1. The minimum absolute atomic E-state index is 0.217. The van der Waals surface area contributed by atoms with Gasteiger partial charge in [-0.15, -0.1) is 0 Å². The molecule has 0 saturated carbocycles. The number of oxazole rings is 1.